The molecule has 0 aliphatic rings. The molecular weight excluding hydrogens is 320 g/mol. The highest BCUT2D eigenvalue weighted by Crippen LogP contribution is 2.16. The summed E-state index contributed by atoms with van der Waals surface area (Å²) in [4.78, 5) is 12.1. The summed E-state index contributed by atoms with van der Waals surface area (Å²) in [5.74, 6) is 0.355. The maximum atomic E-state index is 12.1. The number of nitrogens with zero attached hydrogens (tertiary/aromatic N) is 4. The van der Waals surface area contributed by atoms with E-state index in [1.807, 2.05) is 26.0 Å². The van der Waals surface area contributed by atoms with Crippen LogP contribution in [0.3, 0.4) is 0 Å². The molecule has 0 unspecified atom stereocenters. The summed E-state index contributed by atoms with van der Waals surface area (Å²) in [7, 11) is 0. The molecule has 0 saturated carbocycles. The van der Waals surface area contributed by atoms with Crippen LogP contribution < -0.4 is 4.74 Å². The molecule has 0 N–H and O–H groups in total. The topological polar surface area (TPSA) is 79.1 Å². The molecule has 0 bridgehead atoms. The minimum Gasteiger partial charge on any atom is -0.490 e. The standard InChI is InChI=1S/C18H18N4O3/c1-13-8-14(2)10-17(9-13)24-6-7-25-18(23)15-4-3-5-16(11-15)22-12-19-20-21-22/h3-5,8-12H,6-7H2,1-2H3. The fourth-order valence-electron chi connectivity index (χ4n) is 2.45. The van der Waals surface area contributed by atoms with Gasteiger partial charge in [-0.2, -0.15) is 0 Å². The van der Waals surface area contributed by atoms with Crippen molar-refractivity contribution in [2.45, 2.75) is 13.8 Å². The van der Waals surface area contributed by atoms with Crippen molar-refractivity contribution in [2.75, 3.05) is 13.2 Å². The number of tetrazole rings is 1. The highest BCUT2D eigenvalue weighted by molar-refractivity contribution is 5.90. The fourth-order valence-corrected chi connectivity index (χ4v) is 2.45. The molecule has 7 nitrogen and oxygen atoms in total. The Bertz CT molecular complexity index is 842. The zero-order chi connectivity index (χ0) is 17.6. The number of ether oxygens (including phenoxy) is 2. The maximum Gasteiger partial charge on any atom is 0.338 e. The Morgan fingerprint density at radius 1 is 1.08 bits per heavy atom. The first-order valence-electron chi connectivity index (χ1n) is 7.83. The number of carbonyl (C=O) groups excluding carboxylic acids is 1. The van der Waals surface area contributed by atoms with Crippen LogP contribution in [-0.4, -0.2) is 39.4 Å². The van der Waals surface area contributed by atoms with E-state index in [1.54, 1.807) is 24.3 Å². The number of rotatable bonds is 6. The molecule has 0 spiro atoms. The van der Waals surface area contributed by atoms with Crippen LogP contribution in [0.2, 0.25) is 0 Å². The van der Waals surface area contributed by atoms with E-state index < -0.39 is 5.97 Å². The number of hydrogen-bond donors (Lipinski definition) is 0. The molecule has 2 aromatic carbocycles. The predicted molar refractivity (Wildman–Crippen MR) is 90.8 cm³/mol. The molecular formula is C18H18N4O3. The highest BCUT2D eigenvalue weighted by atomic mass is 16.6. The SMILES string of the molecule is Cc1cc(C)cc(OCCOC(=O)c2cccc(-n3cnnn3)c2)c1. The molecule has 25 heavy (non-hydrogen) atoms. The van der Waals surface area contributed by atoms with Crippen LogP contribution in [0.1, 0.15) is 21.5 Å². The average Bonchev–Trinajstić information content (AvgIpc) is 3.12. The van der Waals surface area contributed by atoms with E-state index in [1.165, 1.54) is 11.0 Å². The van der Waals surface area contributed by atoms with Gasteiger partial charge in [-0.3, -0.25) is 0 Å². The number of esters is 1. The molecule has 0 aliphatic carbocycles. The van der Waals surface area contributed by atoms with Crippen LogP contribution in [0.4, 0.5) is 0 Å². The van der Waals surface area contributed by atoms with Crippen molar-refractivity contribution >= 4 is 5.97 Å². The number of benzene rings is 2. The molecule has 0 atom stereocenters. The van der Waals surface area contributed by atoms with E-state index in [4.69, 9.17) is 9.47 Å². The minimum atomic E-state index is -0.418. The Balaban J connectivity index is 1.53. The van der Waals surface area contributed by atoms with E-state index in [2.05, 4.69) is 21.6 Å². The molecule has 128 valence electrons. The van der Waals surface area contributed by atoms with Gasteiger partial charge in [-0.05, 0) is 65.7 Å². The predicted octanol–water partition coefficient (Wildman–Crippen LogP) is 2.51. The summed E-state index contributed by atoms with van der Waals surface area (Å²) in [5, 5.41) is 10.9. The second-order valence-electron chi connectivity index (χ2n) is 5.61. The van der Waals surface area contributed by atoms with Crippen LogP contribution in [0.15, 0.2) is 48.8 Å². The molecule has 3 aromatic rings. The van der Waals surface area contributed by atoms with E-state index >= 15 is 0 Å². The zero-order valence-electron chi connectivity index (χ0n) is 14.0. The summed E-state index contributed by atoms with van der Waals surface area (Å²) in [6, 6.07) is 12.9. The minimum absolute atomic E-state index is 0.168. The summed E-state index contributed by atoms with van der Waals surface area (Å²) in [5.41, 5.74) is 3.38. The second-order valence-corrected chi connectivity index (χ2v) is 5.61. The molecule has 1 aromatic heterocycles. The van der Waals surface area contributed by atoms with Crippen molar-refractivity contribution in [1.29, 1.82) is 0 Å². The normalized spacial score (nSPS) is 10.5. The van der Waals surface area contributed by atoms with Gasteiger partial charge in [0, 0.05) is 0 Å². The van der Waals surface area contributed by atoms with Gasteiger partial charge in [0.25, 0.3) is 0 Å². The van der Waals surface area contributed by atoms with Gasteiger partial charge in [-0.1, -0.05) is 12.1 Å². The summed E-state index contributed by atoms with van der Waals surface area (Å²) in [6.07, 6.45) is 1.46. The second kappa shape index (κ2) is 7.57. The van der Waals surface area contributed by atoms with E-state index in [0.29, 0.717) is 17.9 Å². The lowest BCUT2D eigenvalue weighted by Gasteiger charge is -2.09. The molecule has 0 radical (unpaired) electrons. The fraction of sp³-hybridized carbons (Fsp3) is 0.222. The summed E-state index contributed by atoms with van der Waals surface area (Å²) in [6.45, 7) is 4.48. The summed E-state index contributed by atoms with van der Waals surface area (Å²) >= 11 is 0. The number of hydrogen-bond acceptors (Lipinski definition) is 6. The van der Waals surface area contributed by atoms with Crippen LogP contribution in [-0.2, 0) is 4.74 Å². The highest BCUT2D eigenvalue weighted by Gasteiger charge is 2.09. The monoisotopic (exact) mass is 338 g/mol. The molecule has 3 rings (SSSR count). The number of aryl methyl sites for hydroxylation is 2. The molecule has 0 fully saturated rings. The molecule has 0 amide bonds. The third-order valence-electron chi connectivity index (χ3n) is 3.48. The van der Waals surface area contributed by atoms with Gasteiger partial charge in [0.05, 0.1) is 11.3 Å². The molecule has 7 heteroatoms. The first-order chi connectivity index (χ1) is 12.1. The van der Waals surface area contributed by atoms with Crippen LogP contribution in [0.5, 0.6) is 5.75 Å². The van der Waals surface area contributed by atoms with Crippen molar-refractivity contribution in [1.82, 2.24) is 20.2 Å². The Labute approximate surface area is 145 Å². The zero-order valence-corrected chi connectivity index (χ0v) is 14.0. The van der Waals surface area contributed by atoms with Gasteiger partial charge in [-0.25, -0.2) is 9.48 Å². The summed E-state index contributed by atoms with van der Waals surface area (Å²) < 4.78 is 12.4. The number of carbonyl (C=O) groups is 1. The molecule has 0 aliphatic heterocycles. The Hall–Kier alpha value is -3.22. The lowest BCUT2D eigenvalue weighted by atomic mass is 10.1. The van der Waals surface area contributed by atoms with Gasteiger partial charge in [-0.15, -0.1) is 5.10 Å². The van der Waals surface area contributed by atoms with Gasteiger partial charge >= 0.3 is 5.97 Å². The van der Waals surface area contributed by atoms with Gasteiger partial charge < -0.3 is 9.47 Å². The van der Waals surface area contributed by atoms with Gasteiger partial charge in [0.15, 0.2) is 0 Å². The van der Waals surface area contributed by atoms with Crippen molar-refractivity contribution < 1.29 is 14.3 Å². The lowest BCUT2D eigenvalue weighted by molar-refractivity contribution is 0.0450. The Kier molecular flexibility index (Phi) is 5.03. The third kappa shape index (κ3) is 4.41. The Morgan fingerprint density at radius 3 is 2.60 bits per heavy atom. The first kappa shape index (κ1) is 16.6. The van der Waals surface area contributed by atoms with Crippen molar-refractivity contribution in [3.8, 4) is 11.4 Å². The number of aromatic nitrogens is 4. The van der Waals surface area contributed by atoms with E-state index in [0.717, 1.165) is 16.9 Å². The third-order valence-corrected chi connectivity index (χ3v) is 3.48. The van der Waals surface area contributed by atoms with E-state index in [9.17, 15) is 4.79 Å². The van der Waals surface area contributed by atoms with Gasteiger partial charge in [0.2, 0.25) is 0 Å². The quantitative estimate of drug-likeness (QED) is 0.507. The average molecular weight is 338 g/mol. The van der Waals surface area contributed by atoms with Gasteiger partial charge in [0.1, 0.15) is 25.3 Å². The van der Waals surface area contributed by atoms with Crippen LogP contribution in [0.25, 0.3) is 5.69 Å². The van der Waals surface area contributed by atoms with Crippen molar-refractivity contribution in [3.05, 3.63) is 65.5 Å². The maximum absolute atomic E-state index is 12.1. The Morgan fingerprint density at radius 2 is 1.88 bits per heavy atom. The van der Waals surface area contributed by atoms with E-state index in [-0.39, 0.29) is 6.61 Å². The first-order valence-corrected chi connectivity index (χ1v) is 7.83. The smallest absolute Gasteiger partial charge is 0.338 e. The molecule has 0 saturated heterocycles. The van der Waals surface area contributed by atoms with Crippen molar-refractivity contribution in [2.24, 2.45) is 0 Å². The van der Waals surface area contributed by atoms with Crippen molar-refractivity contribution in [3.63, 3.8) is 0 Å². The lowest BCUT2D eigenvalue weighted by Crippen LogP contribution is -2.13. The molecule has 1 heterocycles. The van der Waals surface area contributed by atoms with Crippen LogP contribution >= 0.6 is 0 Å². The largest absolute Gasteiger partial charge is 0.490 e. The van der Waals surface area contributed by atoms with Crippen LogP contribution in [0, 0.1) is 13.8 Å².